The van der Waals surface area contributed by atoms with Crippen LogP contribution in [0.25, 0.3) is 0 Å². The molecule has 7 nitrogen and oxygen atoms in total. The molecular weight excluding hydrogens is 320 g/mol. The highest BCUT2D eigenvalue weighted by Crippen LogP contribution is 2.40. The Balaban J connectivity index is 1.65. The molecule has 2 heterocycles. The van der Waals surface area contributed by atoms with Gasteiger partial charge in [0, 0.05) is 12.5 Å². The van der Waals surface area contributed by atoms with Gasteiger partial charge in [-0.25, -0.2) is 17.9 Å². The fourth-order valence-corrected chi connectivity index (χ4v) is 3.97. The molecule has 1 unspecified atom stereocenters. The molecule has 1 aromatic heterocycles. The maximum atomic E-state index is 12.1. The molecule has 8 heteroatoms. The van der Waals surface area contributed by atoms with Crippen LogP contribution in [0.5, 0.6) is 0 Å². The van der Waals surface area contributed by atoms with E-state index in [2.05, 4.69) is 9.71 Å². The molecule has 126 valence electrons. The van der Waals surface area contributed by atoms with Crippen molar-refractivity contribution in [2.45, 2.75) is 44.2 Å². The summed E-state index contributed by atoms with van der Waals surface area (Å²) in [6.07, 6.45) is 3.28. The monoisotopic (exact) mass is 340 g/mol. The third-order valence-corrected chi connectivity index (χ3v) is 5.47. The van der Waals surface area contributed by atoms with Crippen molar-refractivity contribution >= 4 is 16.0 Å². The minimum Gasteiger partial charge on any atom is -0.478 e. The van der Waals surface area contributed by atoms with Crippen LogP contribution in [0.2, 0.25) is 0 Å². The first-order valence-corrected chi connectivity index (χ1v) is 9.42. The molecule has 1 atom stereocenters. The van der Waals surface area contributed by atoms with Crippen molar-refractivity contribution < 1.29 is 23.1 Å². The van der Waals surface area contributed by atoms with Crippen molar-refractivity contribution in [3.63, 3.8) is 0 Å². The van der Waals surface area contributed by atoms with Crippen LogP contribution in [-0.4, -0.2) is 42.9 Å². The molecule has 0 radical (unpaired) electrons. The van der Waals surface area contributed by atoms with Crippen molar-refractivity contribution in [3.8, 4) is 0 Å². The minimum absolute atomic E-state index is 0.0459. The van der Waals surface area contributed by atoms with Gasteiger partial charge in [0.1, 0.15) is 0 Å². The number of rotatable bonds is 7. The first-order chi connectivity index (χ1) is 10.9. The van der Waals surface area contributed by atoms with Crippen LogP contribution in [0, 0.1) is 0 Å². The van der Waals surface area contributed by atoms with Gasteiger partial charge in [0.15, 0.2) is 0 Å². The van der Waals surface area contributed by atoms with E-state index in [1.54, 1.807) is 6.07 Å². The smallest absolute Gasteiger partial charge is 0.337 e. The van der Waals surface area contributed by atoms with Gasteiger partial charge in [-0.15, -0.1) is 0 Å². The second-order valence-corrected chi connectivity index (χ2v) is 7.90. The molecule has 2 fully saturated rings. The van der Waals surface area contributed by atoms with Crippen molar-refractivity contribution in [3.05, 3.63) is 29.1 Å². The Morgan fingerprint density at radius 1 is 1.35 bits per heavy atom. The number of carboxylic acids is 1. The van der Waals surface area contributed by atoms with Crippen molar-refractivity contribution in [2.75, 3.05) is 12.4 Å². The standard InChI is InChI=1S/C15H20N2O5S/c18-15(19)13-6-5-11(17-14(13)10-3-4-10)8-16-23(20,21)9-12-2-1-7-22-12/h5-6,10,12,16H,1-4,7-9H2,(H,18,19). The van der Waals surface area contributed by atoms with Gasteiger partial charge in [0.2, 0.25) is 10.0 Å². The van der Waals surface area contributed by atoms with E-state index in [0.29, 0.717) is 18.0 Å². The molecular formula is C15H20N2O5S. The number of carboxylic acid groups (broad SMARTS) is 1. The molecule has 1 saturated carbocycles. The van der Waals surface area contributed by atoms with Crippen LogP contribution in [0.1, 0.15) is 53.3 Å². The van der Waals surface area contributed by atoms with Crippen LogP contribution in [0.4, 0.5) is 0 Å². The highest BCUT2D eigenvalue weighted by Gasteiger charge is 2.30. The summed E-state index contributed by atoms with van der Waals surface area (Å²) in [6, 6.07) is 3.07. The number of pyridine rings is 1. The highest BCUT2D eigenvalue weighted by molar-refractivity contribution is 7.89. The normalized spacial score (nSPS) is 21.5. The van der Waals surface area contributed by atoms with Gasteiger partial charge in [-0.05, 0) is 37.8 Å². The molecule has 23 heavy (non-hydrogen) atoms. The number of nitrogens with zero attached hydrogens (tertiary/aromatic N) is 1. The zero-order valence-corrected chi connectivity index (χ0v) is 13.5. The zero-order chi connectivity index (χ0) is 16.4. The second-order valence-electron chi connectivity index (χ2n) is 6.05. The predicted octanol–water partition coefficient (Wildman–Crippen LogP) is 1.26. The quantitative estimate of drug-likeness (QED) is 0.774. The summed E-state index contributed by atoms with van der Waals surface area (Å²) < 4.78 is 32.0. The summed E-state index contributed by atoms with van der Waals surface area (Å²) in [5.41, 5.74) is 1.31. The summed E-state index contributed by atoms with van der Waals surface area (Å²) in [7, 11) is -3.44. The maximum Gasteiger partial charge on any atom is 0.337 e. The number of hydrogen-bond donors (Lipinski definition) is 2. The van der Waals surface area contributed by atoms with E-state index in [-0.39, 0.29) is 29.9 Å². The highest BCUT2D eigenvalue weighted by atomic mass is 32.2. The number of aromatic carboxylic acids is 1. The number of aromatic nitrogens is 1. The molecule has 0 bridgehead atoms. The molecule has 1 aromatic rings. The molecule has 1 aliphatic carbocycles. The summed E-state index contributed by atoms with van der Waals surface area (Å²) in [4.78, 5) is 15.6. The van der Waals surface area contributed by atoms with E-state index in [1.807, 2.05) is 0 Å². The molecule has 0 spiro atoms. The van der Waals surface area contributed by atoms with E-state index in [9.17, 15) is 18.3 Å². The molecule has 2 N–H and O–H groups in total. The summed E-state index contributed by atoms with van der Waals surface area (Å²) in [6.45, 7) is 0.678. The van der Waals surface area contributed by atoms with Crippen LogP contribution >= 0.6 is 0 Å². The van der Waals surface area contributed by atoms with Crippen LogP contribution < -0.4 is 4.72 Å². The Bertz CT molecular complexity index is 694. The van der Waals surface area contributed by atoms with Crippen molar-refractivity contribution in [1.82, 2.24) is 9.71 Å². The van der Waals surface area contributed by atoms with Gasteiger partial charge in [0.25, 0.3) is 0 Å². The Morgan fingerprint density at radius 2 is 2.13 bits per heavy atom. The molecule has 0 aromatic carbocycles. The Hall–Kier alpha value is -1.51. The lowest BCUT2D eigenvalue weighted by Gasteiger charge is -2.12. The van der Waals surface area contributed by atoms with Gasteiger partial charge < -0.3 is 9.84 Å². The Labute approximate surface area is 135 Å². The number of carbonyl (C=O) groups is 1. The minimum atomic E-state index is -3.44. The first kappa shape index (κ1) is 16.4. The summed E-state index contributed by atoms with van der Waals surface area (Å²) >= 11 is 0. The predicted molar refractivity (Wildman–Crippen MR) is 82.8 cm³/mol. The van der Waals surface area contributed by atoms with Gasteiger partial charge in [-0.3, -0.25) is 4.98 Å². The van der Waals surface area contributed by atoms with Gasteiger partial charge in [-0.1, -0.05) is 0 Å². The van der Waals surface area contributed by atoms with Crippen LogP contribution in [0.3, 0.4) is 0 Å². The molecule has 3 rings (SSSR count). The van der Waals surface area contributed by atoms with Gasteiger partial charge in [-0.2, -0.15) is 0 Å². The maximum absolute atomic E-state index is 12.1. The van der Waals surface area contributed by atoms with Gasteiger partial charge >= 0.3 is 5.97 Å². The lowest BCUT2D eigenvalue weighted by molar-refractivity contribution is 0.0695. The van der Waals surface area contributed by atoms with E-state index in [1.165, 1.54) is 6.07 Å². The third-order valence-electron chi connectivity index (χ3n) is 4.08. The average molecular weight is 340 g/mol. The third kappa shape index (κ3) is 4.27. The molecule has 1 aliphatic heterocycles. The number of ether oxygens (including phenoxy) is 1. The van der Waals surface area contributed by atoms with E-state index >= 15 is 0 Å². The largest absolute Gasteiger partial charge is 0.478 e. The summed E-state index contributed by atoms with van der Waals surface area (Å²) in [5, 5.41) is 9.19. The Kier molecular flexibility index (Phi) is 4.65. The second kappa shape index (κ2) is 6.54. The van der Waals surface area contributed by atoms with Crippen LogP contribution in [-0.2, 0) is 21.3 Å². The van der Waals surface area contributed by atoms with Crippen molar-refractivity contribution in [2.24, 2.45) is 0 Å². The summed E-state index contributed by atoms with van der Waals surface area (Å²) in [5.74, 6) is -0.857. The fraction of sp³-hybridized carbons (Fsp3) is 0.600. The van der Waals surface area contributed by atoms with Crippen molar-refractivity contribution in [1.29, 1.82) is 0 Å². The molecule has 1 saturated heterocycles. The average Bonchev–Trinajstić information content (AvgIpc) is 3.23. The van der Waals surface area contributed by atoms with Crippen LogP contribution in [0.15, 0.2) is 12.1 Å². The lowest BCUT2D eigenvalue weighted by atomic mass is 10.1. The van der Waals surface area contributed by atoms with E-state index in [0.717, 1.165) is 25.7 Å². The van der Waals surface area contributed by atoms with Gasteiger partial charge in [0.05, 0.1) is 35.4 Å². The fourth-order valence-electron chi connectivity index (χ4n) is 2.73. The van der Waals surface area contributed by atoms with E-state index < -0.39 is 16.0 Å². The zero-order valence-electron chi connectivity index (χ0n) is 12.7. The number of nitrogens with one attached hydrogen (secondary N) is 1. The number of sulfonamides is 1. The van der Waals surface area contributed by atoms with E-state index in [4.69, 9.17) is 4.74 Å². The first-order valence-electron chi connectivity index (χ1n) is 7.76. The lowest BCUT2D eigenvalue weighted by Crippen LogP contribution is -2.31. The molecule has 2 aliphatic rings. The SMILES string of the molecule is O=C(O)c1ccc(CNS(=O)(=O)CC2CCCO2)nc1C1CC1. The number of hydrogen-bond acceptors (Lipinski definition) is 5. The Morgan fingerprint density at radius 3 is 2.74 bits per heavy atom. The topological polar surface area (TPSA) is 106 Å². The molecule has 0 amide bonds.